The number of benzene rings is 2. The van der Waals surface area contributed by atoms with Crippen LogP contribution in [0.3, 0.4) is 0 Å². The second-order valence-corrected chi connectivity index (χ2v) is 6.88. The maximum atomic E-state index is 12.7. The minimum absolute atomic E-state index is 0.151. The van der Waals surface area contributed by atoms with Gasteiger partial charge in [0.25, 0.3) is 0 Å². The number of halogens is 3. The van der Waals surface area contributed by atoms with Crippen molar-refractivity contribution in [2.75, 3.05) is 17.2 Å². The molecule has 1 amide bonds. The first kappa shape index (κ1) is 18.9. The maximum absolute atomic E-state index is 12.7. The molecule has 0 atom stereocenters. The number of nitrogens with one attached hydrogen (secondary N) is 2. The number of thiazole rings is 1. The van der Waals surface area contributed by atoms with Crippen LogP contribution < -0.4 is 10.6 Å². The lowest BCUT2D eigenvalue weighted by Crippen LogP contribution is -2.21. The molecule has 0 saturated heterocycles. The monoisotopic (exact) mass is 391 g/mol. The molecule has 0 aliphatic carbocycles. The smallest absolute Gasteiger partial charge is 0.376 e. The zero-order chi connectivity index (χ0) is 19.4. The first-order valence-corrected chi connectivity index (χ1v) is 8.93. The molecule has 2 N–H and O–H groups in total. The number of anilines is 2. The number of alkyl halides is 3. The summed E-state index contributed by atoms with van der Waals surface area (Å²) in [5.74, 6) is -0.362. The van der Waals surface area contributed by atoms with Crippen LogP contribution in [0, 0.1) is 6.92 Å². The molecule has 27 heavy (non-hydrogen) atoms. The molecule has 8 heteroatoms. The first-order chi connectivity index (χ1) is 12.8. The van der Waals surface area contributed by atoms with E-state index in [2.05, 4.69) is 15.6 Å². The first-order valence-electron chi connectivity index (χ1n) is 8.05. The SMILES string of the molecule is Cc1nc(-c2cccc(NC(=O)CNc3cccc(C(F)(F)F)c3)c2)cs1. The number of rotatable bonds is 5. The van der Waals surface area contributed by atoms with Crippen molar-refractivity contribution in [3.8, 4) is 11.3 Å². The summed E-state index contributed by atoms with van der Waals surface area (Å²) < 4.78 is 38.2. The van der Waals surface area contributed by atoms with E-state index in [9.17, 15) is 18.0 Å². The minimum atomic E-state index is -4.42. The molecule has 140 valence electrons. The molecule has 1 aromatic heterocycles. The summed E-state index contributed by atoms with van der Waals surface area (Å²) >= 11 is 1.54. The van der Waals surface area contributed by atoms with Gasteiger partial charge in [-0.2, -0.15) is 13.2 Å². The fraction of sp³-hybridized carbons (Fsp3) is 0.158. The van der Waals surface area contributed by atoms with Gasteiger partial charge < -0.3 is 10.6 Å². The van der Waals surface area contributed by atoms with Gasteiger partial charge in [-0.25, -0.2) is 4.98 Å². The van der Waals surface area contributed by atoms with Crippen LogP contribution in [0.5, 0.6) is 0 Å². The second-order valence-electron chi connectivity index (χ2n) is 5.81. The van der Waals surface area contributed by atoms with Crippen molar-refractivity contribution < 1.29 is 18.0 Å². The van der Waals surface area contributed by atoms with E-state index in [-0.39, 0.29) is 18.1 Å². The van der Waals surface area contributed by atoms with Gasteiger partial charge >= 0.3 is 6.18 Å². The van der Waals surface area contributed by atoms with Crippen LogP contribution in [-0.2, 0) is 11.0 Å². The fourth-order valence-corrected chi connectivity index (χ4v) is 3.07. The largest absolute Gasteiger partial charge is 0.416 e. The van der Waals surface area contributed by atoms with E-state index in [4.69, 9.17) is 0 Å². The Labute approximate surface area is 158 Å². The van der Waals surface area contributed by atoms with E-state index in [1.54, 1.807) is 18.2 Å². The Balaban J connectivity index is 1.62. The molecule has 0 aliphatic rings. The molecule has 3 rings (SSSR count). The third kappa shape index (κ3) is 5.07. The Hall–Kier alpha value is -2.87. The topological polar surface area (TPSA) is 54.0 Å². The van der Waals surface area contributed by atoms with Crippen molar-refractivity contribution in [3.63, 3.8) is 0 Å². The van der Waals surface area contributed by atoms with Gasteiger partial charge in [0.05, 0.1) is 22.8 Å². The zero-order valence-electron chi connectivity index (χ0n) is 14.3. The Morgan fingerprint density at radius 1 is 1.11 bits per heavy atom. The molecule has 0 spiro atoms. The van der Waals surface area contributed by atoms with Gasteiger partial charge in [0.1, 0.15) is 0 Å². The zero-order valence-corrected chi connectivity index (χ0v) is 15.1. The number of carbonyl (C=O) groups is 1. The van der Waals surface area contributed by atoms with Crippen LogP contribution in [0.25, 0.3) is 11.3 Å². The van der Waals surface area contributed by atoms with E-state index < -0.39 is 11.7 Å². The molecule has 0 aliphatic heterocycles. The maximum Gasteiger partial charge on any atom is 0.416 e. The van der Waals surface area contributed by atoms with Crippen molar-refractivity contribution >= 4 is 28.6 Å². The van der Waals surface area contributed by atoms with Crippen molar-refractivity contribution in [3.05, 3.63) is 64.5 Å². The number of amides is 1. The molecule has 0 saturated carbocycles. The molecule has 0 fully saturated rings. The Bertz CT molecular complexity index is 953. The molecule has 0 unspecified atom stereocenters. The Morgan fingerprint density at radius 3 is 2.56 bits per heavy atom. The van der Waals surface area contributed by atoms with E-state index in [0.29, 0.717) is 5.69 Å². The average Bonchev–Trinajstić information content (AvgIpc) is 3.06. The van der Waals surface area contributed by atoms with Crippen molar-refractivity contribution in [2.24, 2.45) is 0 Å². The van der Waals surface area contributed by atoms with Crippen LogP contribution in [0.4, 0.5) is 24.5 Å². The number of aromatic nitrogens is 1. The van der Waals surface area contributed by atoms with Crippen LogP contribution in [0.15, 0.2) is 53.9 Å². The number of nitrogens with zero attached hydrogens (tertiary/aromatic N) is 1. The lowest BCUT2D eigenvalue weighted by molar-refractivity contribution is -0.137. The van der Waals surface area contributed by atoms with Crippen LogP contribution in [-0.4, -0.2) is 17.4 Å². The summed E-state index contributed by atoms with van der Waals surface area (Å²) in [6.07, 6.45) is -4.42. The highest BCUT2D eigenvalue weighted by molar-refractivity contribution is 7.09. The molecular weight excluding hydrogens is 375 g/mol. The van der Waals surface area contributed by atoms with Crippen molar-refractivity contribution in [1.29, 1.82) is 0 Å². The molecule has 3 aromatic rings. The van der Waals surface area contributed by atoms with Crippen molar-refractivity contribution in [1.82, 2.24) is 4.98 Å². The van der Waals surface area contributed by atoms with Gasteiger partial charge in [0.2, 0.25) is 5.91 Å². The molecule has 0 radical (unpaired) electrons. The second kappa shape index (κ2) is 7.79. The molecule has 0 bridgehead atoms. The van der Waals surface area contributed by atoms with Gasteiger partial charge in [0, 0.05) is 22.3 Å². The predicted octanol–water partition coefficient (Wildman–Crippen LogP) is 5.19. The van der Waals surface area contributed by atoms with Crippen molar-refractivity contribution in [2.45, 2.75) is 13.1 Å². The van der Waals surface area contributed by atoms with E-state index in [1.807, 2.05) is 18.4 Å². The van der Waals surface area contributed by atoms with Crippen LogP contribution in [0.1, 0.15) is 10.6 Å². The third-order valence-electron chi connectivity index (χ3n) is 3.70. The molecule has 2 aromatic carbocycles. The lowest BCUT2D eigenvalue weighted by Gasteiger charge is -2.11. The van der Waals surface area contributed by atoms with E-state index in [0.717, 1.165) is 28.4 Å². The fourth-order valence-electron chi connectivity index (χ4n) is 2.45. The number of aryl methyl sites for hydroxylation is 1. The summed E-state index contributed by atoms with van der Waals surface area (Å²) in [7, 11) is 0. The van der Waals surface area contributed by atoms with Gasteiger partial charge in [-0.05, 0) is 37.3 Å². The highest BCUT2D eigenvalue weighted by Crippen LogP contribution is 2.30. The Kier molecular flexibility index (Phi) is 5.46. The third-order valence-corrected chi connectivity index (χ3v) is 4.48. The van der Waals surface area contributed by atoms with Gasteiger partial charge in [-0.15, -0.1) is 11.3 Å². The summed E-state index contributed by atoms with van der Waals surface area (Å²) in [4.78, 5) is 16.5. The van der Waals surface area contributed by atoms with Gasteiger partial charge in [-0.1, -0.05) is 18.2 Å². The number of hydrogen-bond acceptors (Lipinski definition) is 4. The molecular formula is C19H16F3N3OS. The number of hydrogen-bond donors (Lipinski definition) is 2. The summed E-state index contributed by atoms with van der Waals surface area (Å²) in [5, 5.41) is 8.31. The Morgan fingerprint density at radius 2 is 1.85 bits per heavy atom. The van der Waals surface area contributed by atoms with Crippen LogP contribution in [0.2, 0.25) is 0 Å². The lowest BCUT2D eigenvalue weighted by atomic mass is 10.1. The number of carbonyl (C=O) groups excluding carboxylic acids is 1. The standard InChI is InChI=1S/C19H16F3N3OS/c1-12-24-17(11-27-12)13-4-2-7-16(8-13)25-18(26)10-23-15-6-3-5-14(9-15)19(20,21)22/h2-9,11,23H,10H2,1H3,(H,25,26). The molecule has 1 heterocycles. The summed E-state index contributed by atoms with van der Waals surface area (Å²) in [6.45, 7) is 1.76. The highest BCUT2D eigenvalue weighted by Gasteiger charge is 2.30. The average molecular weight is 391 g/mol. The predicted molar refractivity (Wildman–Crippen MR) is 101 cm³/mol. The van der Waals surface area contributed by atoms with E-state index >= 15 is 0 Å². The summed E-state index contributed by atoms with van der Waals surface area (Å²) in [5.41, 5.74) is 1.76. The molecule has 4 nitrogen and oxygen atoms in total. The summed E-state index contributed by atoms with van der Waals surface area (Å²) in [6, 6.07) is 12.0. The van der Waals surface area contributed by atoms with E-state index in [1.165, 1.54) is 23.5 Å². The highest BCUT2D eigenvalue weighted by atomic mass is 32.1. The van der Waals surface area contributed by atoms with Gasteiger partial charge in [0.15, 0.2) is 0 Å². The normalized spacial score (nSPS) is 11.3. The van der Waals surface area contributed by atoms with Crippen LogP contribution >= 0.6 is 11.3 Å². The minimum Gasteiger partial charge on any atom is -0.376 e. The quantitative estimate of drug-likeness (QED) is 0.630. The van der Waals surface area contributed by atoms with Gasteiger partial charge in [-0.3, -0.25) is 4.79 Å².